The highest BCUT2D eigenvalue weighted by Gasteiger charge is 2.25. The molecule has 1 aromatic heterocycles. The third-order valence-corrected chi connectivity index (χ3v) is 7.21. The van der Waals surface area contributed by atoms with Gasteiger partial charge in [-0.3, -0.25) is 4.79 Å². The Hall–Kier alpha value is -2.52. The van der Waals surface area contributed by atoms with Crippen molar-refractivity contribution in [1.82, 2.24) is 13.6 Å². The van der Waals surface area contributed by atoms with Crippen LogP contribution in [0.25, 0.3) is 11.0 Å². The molecule has 0 atom stereocenters. The van der Waals surface area contributed by atoms with Crippen LogP contribution >= 0.6 is 11.7 Å². The van der Waals surface area contributed by atoms with E-state index in [0.29, 0.717) is 24.1 Å². The molecular formula is C19H20N4O3S2. The first-order chi connectivity index (χ1) is 13.5. The number of benzene rings is 2. The second kappa shape index (κ2) is 7.84. The van der Waals surface area contributed by atoms with E-state index in [1.165, 1.54) is 6.07 Å². The molecule has 0 bridgehead atoms. The van der Waals surface area contributed by atoms with Gasteiger partial charge < -0.3 is 9.80 Å². The highest BCUT2D eigenvalue weighted by Crippen LogP contribution is 2.23. The maximum Gasteiger partial charge on any atom is 0.223 e. The zero-order valence-corrected chi connectivity index (χ0v) is 16.8. The molecule has 0 saturated carbocycles. The van der Waals surface area contributed by atoms with Crippen LogP contribution in [-0.4, -0.2) is 59.9 Å². The van der Waals surface area contributed by atoms with E-state index in [2.05, 4.69) is 25.8 Å². The van der Waals surface area contributed by atoms with Gasteiger partial charge in [0.1, 0.15) is 11.0 Å². The molecule has 0 aliphatic carbocycles. The Balaban J connectivity index is 1.36. The standard InChI is InChI=1S/C19H20N4O3S2/c24-18(23-12-10-22(11-13-23)15-5-2-1-3-6-15)9-14-28(25,26)17-8-4-7-16-19(17)21-27-20-16/h1-8H,9-14H2. The Morgan fingerprint density at radius 1 is 0.964 bits per heavy atom. The Bertz CT molecular complexity index is 1070. The summed E-state index contributed by atoms with van der Waals surface area (Å²) in [6, 6.07) is 15.0. The van der Waals surface area contributed by atoms with Gasteiger partial charge in [0, 0.05) is 38.3 Å². The van der Waals surface area contributed by atoms with Crippen molar-refractivity contribution in [2.24, 2.45) is 0 Å². The number of aromatic nitrogens is 2. The van der Waals surface area contributed by atoms with Crippen molar-refractivity contribution in [2.45, 2.75) is 11.3 Å². The molecule has 28 heavy (non-hydrogen) atoms. The quantitative estimate of drug-likeness (QED) is 0.634. The lowest BCUT2D eigenvalue weighted by molar-refractivity contribution is -0.131. The van der Waals surface area contributed by atoms with Crippen LogP contribution in [-0.2, 0) is 14.6 Å². The topological polar surface area (TPSA) is 83.5 Å². The number of carbonyl (C=O) groups is 1. The van der Waals surface area contributed by atoms with E-state index >= 15 is 0 Å². The van der Waals surface area contributed by atoms with Crippen LogP contribution in [0.15, 0.2) is 53.4 Å². The third kappa shape index (κ3) is 3.85. The highest BCUT2D eigenvalue weighted by molar-refractivity contribution is 7.91. The lowest BCUT2D eigenvalue weighted by Gasteiger charge is -2.36. The van der Waals surface area contributed by atoms with Gasteiger partial charge >= 0.3 is 0 Å². The van der Waals surface area contributed by atoms with Gasteiger partial charge in [-0.1, -0.05) is 24.3 Å². The minimum absolute atomic E-state index is 0.0262. The molecule has 0 N–H and O–H groups in total. The second-order valence-corrected chi connectivity index (χ2v) is 9.27. The molecule has 2 aromatic carbocycles. The van der Waals surface area contributed by atoms with Crippen molar-refractivity contribution in [1.29, 1.82) is 0 Å². The summed E-state index contributed by atoms with van der Waals surface area (Å²) in [6.07, 6.45) is -0.0262. The fourth-order valence-electron chi connectivity index (χ4n) is 3.37. The van der Waals surface area contributed by atoms with Crippen LogP contribution in [0.3, 0.4) is 0 Å². The van der Waals surface area contributed by atoms with Crippen molar-refractivity contribution < 1.29 is 13.2 Å². The van der Waals surface area contributed by atoms with Crippen molar-refractivity contribution in [3.05, 3.63) is 48.5 Å². The Morgan fingerprint density at radius 2 is 1.71 bits per heavy atom. The smallest absolute Gasteiger partial charge is 0.223 e. The second-order valence-electron chi connectivity index (χ2n) is 6.66. The molecule has 0 unspecified atom stereocenters. The lowest BCUT2D eigenvalue weighted by Crippen LogP contribution is -2.49. The van der Waals surface area contributed by atoms with Crippen molar-refractivity contribution in [3.63, 3.8) is 0 Å². The average Bonchev–Trinajstić information content (AvgIpc) is 3.21. The summed E-state index contributed by atoms with van der Waals surface area (Å²) in [4.78, 5) is 16.7. The van der Waals surface area contributed by atoms with Crippen LogP contribution in [0.4, 0.5) is 5.69 Å². The number of fused-ring (bicyclic) bond motifs is 1. The predicted octanol–water partition coefficient (Wildman–Crippen LogP) is 2.20. The molecule has 146 valence electrons. The summed E-state index contributed by atoms with van der Waals surface area (Å²) in [6.45, 7) is 2.68. The summed E-state index contributed by atoms with van der Waals surface area (Å²) in [7, 11) is -3.60. The number of carbonyl (C=O) groups excluding carboxylic acids is 1. The molecule has 1 aliphatic heterocycles. The van der Waals surface area contributed by atoms with Gasteiger partial charge in [0.05, 0.1) is 22.4 Å². The normalized spacial score (nSPS) is 15.1. The number of hydrogen-bond acceptors (Lipinski definition) is 7. The number of nitrogens with zero attached hydrogens (tertiary/aromatic N) is 4. The first-order valence-electron chi connectivity index (χ1n) is 9.06. The van der Waals surface area contributed by atoms with Gasteiger partial charge in [-0.15, -0.1) is 0 Å². The molecule has 2 heterocycles. The summed E-state index contributed by atoms with van der Waals surface area (Å²) in [5.41, 5.74) is 2.09. The maximum absolute atomic E-state index is 12.7. The Morgan fingerprint density at radius 3 is 2.46 bits per heavy atom. The molecule has 7 nitrogen and oxygen atoms in total. The van der Waals surface area contributed by atoms with Crippen molar-refractivity contribution in [2.75, 3.05) is 36.8 Å². The summed E-state index contributed by atoms with van der Waals surface area (Å²) in [5.74, 6) is -0.346. The zero-order chi connectivity index (χ0) is 19.6. The molecule has 1 amide bonds. The van der Waals surface area contributed by atoms with E-state index < -0.39 is 9.84 Å². The fraction of sp³-hybridized carbons (Fsp3) is 0.316. The SMILES string of the molecule is O=C(CCS(=O)(=O)c1cccc2nsnc12)N1CCN(c2ccccc2)CC1. The van der Waals surface area contributed by atoms with Gasteiger partial charge in [0.2, 0.25) is 5.91 Å². The highest BCUT2D eigenvalue weighted by atomic mass is 32.2. The molecule has 4 rings (SSSR count). The van der Waals surface area contributed by atoms with Gasteiger partial charge in [0.15, 0.2) is 9.84 Å². The number of amides is 1. The molecule has 0 radical (unpaired) electrons. The number of hydrogen-bond donors (Lipinski definition) is 0. The van der Waals surface area contributed by atoms with Crippen LogP contribution < -0.4 is 4.90 Å². The zero-order valence-electron chi connectivity index (χ0n) is 15.2. The van der Waals surface area contributed by atoms with Crippen molar-refractivity contribution in [3.8, 4) is 0 Å². The van der Waals surface area contributed by atoms with Crippen LogP contribution in [0.2, 0.25) is 0 Å². The van der Waals surface area contributed by atoms with E-state index in [0.717, 1.165) is 30.5 Å². The molecule has 1 fully saturated rings. The van der Waals surface area contributed by atoms with Gasteiger partial charge in [0.25, 0.3) is 0 Å². The van der Waals surface area contributed by atoms with E-state index in [4.69, 9.17) is 0 Å². The molecule has 9 heteroatoms. The predicted molar refractivity (Wildman–Crippen MR) is 109 cm³/mol. The van der Waals surface area contributed by atoms with E-state index in [1.807, 2.05) is 18.2 Å². The summed E-state index contributed by atoms with van der Waals surface area (Å²) >= 11 is 0.984. The van der Waals surface area contributed by atoms with Crippen LogP contribution in [0, 0.1) is 0 Å². The maximum atomic E-state index is 12.7. The Labute approximate surface area is 167 Å². The Kier molecular flexibility index (Phi) is 5.27. The third-order valence-electron chi connectivity index (χ3n) is 4.92. The number of piperazine rings is 1. The number of anilines is 1. The lowest BCUT2D eigenvalue weighted by atomic mass is 10.2. The molecule has 1 aliphatic rings. The summed E-state index contributed by atoms with van der Waals surface area (Å²) in [5, 5.41) is 0. The first-order valence-corrected chi connectivity index (χ1v) is 11.4. The first kappa shape index (κ1) is 18.8. The fourth-order valence-corrected chi connectivity index (χ4v) is 5.38. The minimum Gasteiger partial charge on any atom is -0.368 e. The minimum atomic E-state index is -3.60. The van der Waals surface area contributed by atoms with Crippen LogP contribution in [0.5, 0.6) is 0 Å². The van der Waals surface area contributed by atoms with Gasteiger partial charge in [-0.2, -0.15) is 8.75 Å². The molecule has 3 aromatic rings. The average molecular weight is 417 g/mol. The van der Waals surface area contributed by atoms with Crippen molar-refractivity contribution >= 4 is 44.2 Å². The number of para-hydroxylation sites is 1. The molecule has 0 spiro atoms. The van der Waals surface area contributed by atoms with Crippen LogP contribution in [0.1, 0.15) is 6.42 Å². The van der Waals surface area contributed by atoms with E-state index in [9.17, 15) is 13.2 Å². The van der Waals surface area contributed by atoms with E-state index in [-0.39, 0.29) is 23.0 Å². The largest absolute Gasteiger partial charge is 0.368 e. The van der Waals surface area contributed by atoms with E-state index in [1.54, 1.807) is 17.0 Å². The number of rotatable bonds is 5. The van der Waals surface area contributed by atoms with Gasteiger partial charge in [-0.05, 0) is 24.3 Å². The molecule has 1 saturated heterocycles. The summed E-state index contributed by atoms with van der Waals surface area (Å²) < 4.78 is 33.6. The molecular weight excluding hydrogens is 396 g/mol. The number of sulfone groups is 1. The monoisotopic (exact) mass is 416 g/mol. The van der Waals surface area contributed by atoms with Gasteiger partial charge in [-0.25, -0.2) is 8.42 Å².